The van der Waals surface area contributed by atoms with Crippen LogP contribution in [0.25, 0.3) is 0 Å². The van der Waals surface area contributed by atoms with Crippen molar-refractivity contribution in [2.45, 2.75) is 6.92 Å². The van der Waals surface area contributed by atoms with Gasteiger partial charge in [0.2, 0.25) is 12.7 Å². The first kappa shape index (κ1) is 16.6. The largest absolute Gasteiger partial charge is 0.484 e. The Hall–Kier alpha value is -3.22. The van der Waals surface area contributed by atoms with Crippen LogP contribution in [0.1, 0.15) is 5.56 Å². The lowest BCUT2D eigenvalue weighted by molar-refractivity contribution is -0.125. The van der Waals surface area contributed by atoms with Crippen molar-refractivity contribution in [2.24, 2.45) is 0 Å². The topological polar surface area (TPSA) is 85.9 Å². The van der Waals surface area contributed by atoms with Crippen LogP contribution >= 0.6 is 0 Å². The summed E-state index contributed by atoms with van der Waals surface area (Å²) in [7, 11) is 0. The Bertz CT molecular complexity index is 791. The van der Waals surface area contributed by atoms with E-state index < -0.39 is 0 Å². The van der Waals surface area contributed by atoms with Crippen LogP contribution in [0.5, 0.6) is 17.2 Å². The van der Waals surface area contributed by atoms with Crippen LogP contribution in [-0.4, -0.2) is 31.8 Å². The highest BCUT2D eigenvalue weighted by molar-refractivity contribution is 5.95. The average molecular weight is 342 g/mol. The lowest BCUT2D eigenvalue weighted by Gasteiger charge is -2.09. The molecule has 2 amide bonds. The van der Waals surface area contributed by atoms with Crippen molar-refractivity contribution in [3.8, 4) is 17.2 Å². The van der Waals surface area contributed by atoms with Gasteiger partial charge < -0.3 is 24.8 Å². The summed E-state index contributed by atoms with van der Waals surface area (Å²) < 4.78 is 15.8. The lowest BCUT2D eigenvalue weighted by atomic mass is 10.2. The second-order valence-electron chi connectivity index (χ2n) is 5.50. The number of carbonyl (C=O) groups is 2. The third-order valence-electron chi connectivity index (χ3n) is 3.46. The molecule has 0 aliphatic carbocycles. The summed E-state index contributed by atoms with van der Waals surface area (Å²) in [5.74, 6) is 1.11. The first-order valence-corrected chi connectivity index (χ1v) is 7.76. The molecule has 0 atom stereocenters. The summed E-state index contributed by atoms with van der Waals surface area (Å²) in [5.41, 5.74) is 1.61. The van der Waals surface area contributed by atoms with Crippen LogP contribution in [0.3, 0.4) is 0 Å². The molecule has 1 aliphatic heterocycles. The Labute approximate surface area is 144 Å². The van der Waals surface area contributed by atoms with Crippen LogP contribution in [0, 0.1) is 6.92 Å². The zero-order chi connectivity index (χ0) is 17.6. The third kappa shape index (κ3) is 4.63. The quantitative estimate of drug-likeness (QED) is 0.837. The first-order valence-electron chi connectivity index (χ1n) is 7.76. The molecule has 1 heterocycles. The summed E-state index contributed by atoms with van der Waals surface area (Å²) in [4.78, 5) is 23.7. The Balaban J connectivity index is 1.42. The molecule has 0 unspecified atom stereocenters. The second-order valence-corrected chi connectivity index (χ2v) is 5.50. The number of ether oxygens (including phenoxy) is 3. The van der Waals surface area contributed by atoms with Crippen molar-refractivity contribution >= 4 is 17.5 Å². The van der Waals surface area contributed by atoms with Crippen molar-refractivity contribution < 1.29 is 23.8 Å². The number of rotatable bonds is 6. The van der Waals surface area contributed by atoms with Crippen molar-refractivity contribution in [3.63, 3.8) is 0 Å². The fraction of sp³-hybridized carbons (Fsp3) is 0.222. The summed E-state index contributed by atoms with van der Waals surface area (Å²) in [5, 5.41) is 5.19. The van der Waals surface area contributed by atoms with E-state index in [0.29, 0.717) is 22.9 Å². The number of carbonyl (C=O) groups excluding carboxylic acids is 2. The van der Waals surface area contributed by atoms with Gasteiger partial charge in [-0.15, -0.1) is 0 Å². The van der Waals surface area contributed by atoms with Gasteiger partial charge in [0.1, 0.15) is 5.75 Å². The van der Waals surface area contributed by atoms with Gasteiger partial charge in [-0.05, 0) is 36.8 Å². The van der Waals surface area contributed by atoms with Crippen LogP contribution < -0.4 is 24.8 Å². The smallest absolute Gasteiger partial charge is 0.258 e. The Morgan fingerprint density at radius 1 is 1.08 bits per heavy atom. The van der Waals surface area contributed by atoms with E-state index in [-0.39, 0.29) is 31.8 Å². The van der Waals surface area contributed by atoms with E-state index in [1.807, 2.05) is 25.1 Å². The van der Waals surface area contributed by atoms with Crippen LogP contribution in [0.4, 0.5) is 5.69 Å². The van der Waals surface area contributed by atoms with E-state index in [2.05, 4.69) is 10.6 Å². The molecule has 0 fully saturated rings. The SMILES string of the molecule is Cc1cccc(OCC(=O)NCC(=O)Nc2ccc3c(c2)OCO3)c1. The molecule has 0 saturated heterocycles. The molecule has 2 N–H and O–H groups in total. The number of benzene rings is 2. The molecule has 25 heavy (non-hydrogen) atoms. The minimum Gasteiger partial charge on any atom is -0.484 e. The maximum Gasteiger partial charge on any atom is 0.258 e. The molecule has 7 heteroatoms. The lowest BCUT2D eigenvalue weighted by Crippen LogP contribution is -2.35. The standard InChI is InChI=1S/C18H18N2O5/c1-12-3-2-4-14(7-12)23-10-18(22)19-9-17(21)20-13-5-6-15-16(8-13)25-11-24-15/h2-8H,9-11H2,1H3,(H,19,22)(H,20,21). The molecule has 2 aromatic rings. The van der Waals surface area contributed by atoms with Crippen LogP contribution in [0.2, 0.25) is 0 Å². The zero-order valence-corrected chi connectivity index (χ0v) is 13.7. The predicted octanol–water partition coefficient (Wildman–Crippen LogP) is 1.86. The van der Waals surface area contributed by atoms with E-state index in [4.69, 9.17) is 14.2 Å². The summed E-state index contributed by atoms with van der Waals surface area (Å²) in [6.45, 7) is 1.81. The molecule has 0 saturated carbocycles. The predicted molar refractivity (Wildman–Crippen MR) is 90.9 cm³/mol. The number of fused-ring (bicyclic) bond motifs is 1. The zero-order valence-electron chi connectivity index (χ0n) is 13.7. The molecule has 0 bridgehead atoms. The first-order chi connectivity index (χ1) is 12.1. The highest BCUT2D eigenvalue weighted by Gasteiger charge is 2.14. The fourth-order valence-electron chi connectivity index (χ4n) is 2.26. The average Bonchev–Trinajstić information content (AvgIpc) is 3.06. The number of aryl methyl sites for hydroxylation is 1. The van der Waals surface area contributed by atoms with Gasteiger partial charge >= 0.3 is 0 Å². The van der Waals surface area contributed by atoms with Gasteiger partial charge in [-0.3, -0.25) is 9.59 Å². The van der Waals surface area contributed by atoms with Gasteiger partial charge in [0.25, 0.3) is 5.91 Å². The minimum atomic E-state index is -0.373. The Kier molecular flexibility index (Phi) is 5.03. The van der Waals surface area contributed by atoms with Gasteiger partial charge in [-0.25, -0.2) is 0 Å². The van der Waals surface area contributed by atoms with Crippen molar-refractivity contribution in [1.29, 1.82) is 0 Å². The Morgan fingerprint density at radius 2 is 1.92 bits per heavy atom. The molecular formula is C18H18N2O5. The molecule has 0 spiro atoms. The molecule has 7 nitrogen and oxygen atoms in total. The normalized spacial score (nSPS) is 11.7. The molecular weight excluding hydrogens is 324 g/mol. The van der Waals surface area contributed by atoms with E-state index in [1.54, 1.807) is 24.3 Å². The Morgan fingerprint density at radius 3 is 2.76 bits per heavy atom. The maximum absolute atomic E-state index is 11.9. The maximum atomic E-state index is 11.9. The molecule has 130 valence electrons. The number of anilines is 1. The highest BCUT2D eigenvalue weighted by atomic mass is 16.7. The third-order valence-corrected chi connectivity index (χ3v) is 3.46. The summed E-state index contributed by atoms with van der Waals surface area (Å²) >= 11 is 0. The molecule has 0 radical (unpaired) electrons. The van der Waals surface area contributed by atoms with Gasteiger partial charge in [-0.2, -0.15) is 0 Å². The van der Waals surface area contributed by atoms with Gasteiger partial charge in [0.05, 0.1) is 6.54 Å². The van der Waals surface area contributed by atoms with E-state index in [9.17, 15) is 9.59 Å². The summed E-state index contributed by atoms with van der Waals surface area (Å²) in [6, 6.07) is 12.5. The van der Waals surface area contributed by atoms with Gasteiger partial charge in [0, 0.05) is 11.8 Å². The van der Waals surface area contributed by atoms with Gasteiger partial charge in [0.15, 0.2) is 18.1 Å². The fourth-order valence-corrected chi connectivity index (χ4v) is 2.26. The van der Waals surface area contributed by atoms with Crippen LogP contribution in [-0.2, 0) is 9.59 Å². The molecule has 0 aromatic heterocycles. The molecule has 1 aliphatic rings. The van der Waals surface area contributed by atoms with Crippen molar-refractivity contribution in [2.75, 3.05) is 25.3 Å². The monoisotopic (exact) mass is 342 g/mol. The second kappa shape index (κ2) is 7.57. The van der Waals surface area contributed by atoms with E-state index in [1.165, 1.54) is 0 Å². The minimum absolute atomic E-state index is 0.148. The molecule has 2 aromatic carbocycles. The number of amides is 2. The highest BCUT2D eigenvalue weighted by Crippen LogP contribution is 2.34. The van der Waals surface area contributed by atoms with E-state index in [0.717, 1.165) is 5.56 Å². The van der Waals surface area contributed by atoms with Crippen molar-refractivity contribution in [1.82, 2.24) is 5.32 Å². The number of hydrogen-bond acceptors (Lipinski definition) is 5. The van der Waals surface area contributed by atoms with E-state index >= 15 is 0 Å². The van der Waals surface area contributed by atoms with Crippen molar-refractivity contribution in [3.05, 3.63) is 48.0 Å². The molecule has 3 rings (SSSR count). The number of nitrogens with one attached hydrogen (secondary N) is 2. The van der Waals surface area contributed by atoms with Gasteiger partial charge in [-0.1, -0.05) is 12.1 Å². The summed E-state index contributed by atoms with van der Waals surface area (Å²) in [6.07, 6.45) is 0. The van der Waals surface area contributed by atoms with Crippen LogP contribution in [0.15, 0.2) is 42.5 Å². The number of hydrogen-bond donors (Lipinski definition) is 2.